The molecule has 1 N–H and O–H groups in total. The van der Waals surface area contributed by atoms with Crippen LogP contribution in [0.25, 0.3) is 0 Å². The summed E-state index contributed by atoms with van der Waals surface area (Å²) < 4.78 is 70.6. The molecule has 0 aliphatic rings. The molecule has 0 radical (unpaired) electrons. The molecule has 0 fully saturated rings. The van der Waals surface area contributed by atoms with Crippen LogP contribution in [0.2, 0.25) is 0 Å². The fourth-order valence-electron chi connectivity index (χ4n) is 3.13. The maximum Gasteiger partial charge on any atom is 0.200 e. The van der Waals surface area contributed by atoms with Gasteiger partial charge in [-0.25, -0.2) is 22.0 Å². The van der Waals surface area contributed by atoms with Crippen molar-refractivity contribution in [2.45, 2.75) is 6.04 Å². The Hall–Kier alpha value is -2.93. The van der Waals surface area contributed by atoms with E-state index in [1.807, 2.05) is 0 Å². The minimum Gasteiger partial charge on any atom is -0.395 e. The third kappa shape index (κ3) is 3.57. The van der Waals surface area contributed by atoms with Gasteiger partial charge in [-0.3, -0.25) is 0 Å². The molecule has 0 saturated heterocycles. The van der Waals surface area contributed by atoms with Gasteiger partial charge in [0, 0.05) is 12.2 Å². The topological polar surface area (TPSA) is 23.5 Å². The summed E-state index contributed by atoms with van der Waals surface area (Å²) in [6.07, 6.45) is 0. The molecule has 0 spiro atoms. The quantitative estimate of drug-likeness (QED) is 0.363. The summed E-state index contributed by atoms with van der Waals surface area (Å²) in [4.78, 5) is 1.40. The number of rotatable bonds is 6. The SMILES string of the molecule is OCCN(c1ccccc1)[C@@H](c1ccccc1)c1c(F)c(F)c(F)c(F)c1F. The Bertz CT molecular complexity index is 921. The molecule has 7 heteroatoms. The predicted octanol–water partition coefficient (Wildman–Crippen LogP) is 4.97. The first-order valence-electron chi connectivity index (χ1n) is 8.46. The fourth-order valence-corrected chi connectivity index (χ4v) is 3.13. The number of benzene rings is 3. The molecular weight excluding hydrogens is 377 g/mol. The molecule has 0 amide bonds. The van der Waals surface area contributed by atoms with E-state index < -0.39 is 47.3 Å². The van der Waals surface area contributed by atoms with Crippen LogP contribution in [0.15, 0.2) is 60.7 Å². The van der Waals surface area contributed by atoms with E-state index in [2.05, 4.69) is 0 Å². The van der Waals surface area contributed by atoms with Gasteiger partial charge in [0.05, 0.1) is 18.2 Å². The van der Waals surface area contributed by atoms with Crippen molar-refractivity contribution in [2.75, 3.05) is 18.1 Å². The molecule has 3 aromatic rings. The average Bonchev–Trinajstić information content (AvgIpc) is 2.74. The molecule has 0 bridgehead atoms. The number of aliphatic hydroxyl groups is 1. The van der Waals surface area contributed by atoms with Crippen LogP contribution < -0.4 is 4.90 Å². The van der Waals surface area contributed by atoms with Crippen LogP contribution in [-0.2, 0) is 0 Å². The number of para-hydroxylation sites is 1. The molecule has 3 rings (SSSR count). The van der Waals surface area contributed by atoms with Gasteiger partial charge in [-0.2, -0.15) is 0 Å². The van der Waals surface area contributed by atoms with Crippen LogP contribution >= 0.6 is 0 Å². The summed E-state index contributed by atoms with van der Waals surface area (Å²) in [5.41, 5.74) is -0.211. The lowest BCUT2D eigenvalue weighted by atomic mass is 9.94. The second kappa shape index (κ2) is 8.39. The molecule has 0 unspecified atom stereocenters. The molecule has 28 heavy (non-hydrogen) atoms. The molecule has 0 aromatic heterocycles. The number of anilines is 1. The maximum atomic E-state index is 14.6. The van der Waals surface area contributed by atoms with Crippen molar-refractivity contribution >= 4 is 5.69 Å². The number of aliphatic hydroxyl groups excluding tert-OH is 1. The smallest absolute Gasteiger partial charge is 0.200 e. The van der Waals surface area contributed by atoms with Gasteiger partial charge in [-0.15, -0.1) is 0 Å². The van der Waals surface area contributed by atoms with E-state index in [4.69, 9.17) is 0 Å². The van der Waals surface area contributed by atoms with Crippen LogP contribution in [0.1, 0.15) is 17.2 Å². The highest BCUT2D eigenvalue weighted by molar-refractivity contribution is 5.53. The lowest BCUT2D eigenvalue weighted by Crippen LogP contribution is -2.34. The maximum absolute atomic E-state index is 14.6. The van der Waals surface area contributed by atoms with Crippen molar-refractivity contribution < 1.29 is 27.1 Å². The standard InChI is InChI=1S/C21H16F5NO/c22-16-15(17(23)19(25)20(26)18(16)24)21(13-7-3-1-4-8-13)27(11-12-28)14-9-5-2-6-10-14/h1-10,21,28H,11-12H2/t21-/m0/s1. The van der Waals surface area contributed by atoms with Crippen LogP contribution in [0.5, 0.6) is 0 Å². The average molecular weight is 393 g/mol. The van der Waals surface area contributed by atoms with Gasteiger partial charge in [0.1, 0.15) is 0 Å². The van der Waals surface area contributed by atoms with E-state index in [9.17, 15) is 27.1 Å². The first-order chi connectivity index (χ1) is 13.5. The highest BCUT2D eigenvalue weighted by Gasteiger charge is 2.34. The fraction of sp³-hybridized carbons (Fsp3) is 0.143. The number of hydrogen-bond acceptors (Lipinski definition) is 2. The van der Waals surface area contributed by atoms with Crippen LogP contribution in [0, 0.1) is 29.1 Å². The Morgan fingerprint density at radius 1 is 0.679 bits per heavy atom. The molecular formula is C21H16F5NO. The highest BCUT2D eigenvalue weighted by Crippen LogP contribution is 2.37. The molecule has 0 aliphatic carbocycles. The van der Waals surface area contributed by atoms with E-state index in [1.54, 1.807) is 48.5 Å². The molecule has 1 atom stereocenters. The van der Waals surface area contributed by atoms with Gasteiger partial charge in [-0.1, -0.05) is 48.5 Å². The van der Waals surface area contributed by atoms with Gasteiger partial charge < -0.3 is 10.0 Å². The number of hydrogen-bond donors (Lipinski definition) is 1. The van der Waals surface area contributed by atoms with Gasteiger partial charge in [0.15, 0.2) is 23.3 Å². The highest BCUT2D eigenvalue weighted by atomic mass is 19.2. The van der Waals surface area contributed by atoms with Crippen molar-refractivity contribution in [3.63, 3.8) is 0 Å². The second-order valence-electron chi connectivity index (χ2n) is 6.05. The molecule has 2 nitrogen and oxygen atoms in total. The van der Waals surface area contributed by atoms with E-state index in [1.165, 1.54) is 17.0 Å². The third-order valence-corrected chi connectivity index (χ3v) is 4.37. The first-order valence-corrected chi connectivity index (χ1v) is 8.46. The summed E-state index contributed by atoms with van der Waals surface area (Å²) in [5.74, 6) is -10.0. The Labute approximate surface area is 158 Å². The van der Waals surface area contributed by atoms with Crippen molar-refractivity contribution in [2.24, 2.45) is 0 Å². The zero-order valence-electron chi connectivity index (χ0n) is 14.5. The molecule has 0 heterocycles. The number of nitrogens with zero attached hydrogens (tertiary/aromatic N) is 1. The van der Waals surface area contributed by atoms with Crippen molar-refractivity contribution in [1.82, 2.24) is 0 Å². The van der Waals surface area contributed by atoms with E-state index >= 15 is 0 Å². The predicted molar refractivity (Wildman–Crippen MR) is 95.4 cm³/mol. The van der Waals surface area contributed by atoms with Crippen molar-refractivity contribution in [1.29, 1.82) is 0 Å². The van der Waals surface area contributed by atoms with Gasteiger partial charge >= 0.3 is 0 Å². The normalized spacial score (nSPS) is 12.1. The van der Waals surface area contributed by atoms with Crippen LogP contribution in [0.4, 0.5) is 27.6 Å². The lowest BCUT2D eigenvalue weighted by molar-refractivity contribution is 0.297. The van der Waals surface area contributed by atoms with E-state index in [0.717, 1.165) is 0 Å². The Morgan fingerprint density at radius 3 is 1.64 bits per heavy atom. The van der Waals surface area contributed by atoms with Crippen LogP contribution in [0.3, 0.4) is 0 Å². The summed E-state index contributed by atoms with van der Waals surface area (Å²) in [6.45, 7) is -0.489. The largest absolute Gasteiger partial charge is 0.395 e. The zero-order chi connectivity index (χ0) is 20.3. The first kappa shape index (κ1) is 19.8. The second-order valence-corrected chi connectivity index (χ2v) is 6.05. The third-order valence-electron chi connectivity index (χ3n) is 4.37. The van der Waals surface area contributed by atoms with Gasteiger partial charge in [0.25, 0.3) is 0 Å². The summed E-state index contributed by atoms with van der Waals surface area (Å²) in [7, 11) is 0. The molecule has 146 valence electrons. The minimum atomic E-state index is -2.21. The van der Waals surface area contributed by atoms with Crippen molar-refractivity contribution in [3.8, 4) is 0 Å². The Balaban J connectivity index is 2.31. The minimum absolute atomic E-state index is 0.0942. The molecule has 3 aromatic carbocycles. The molecule has 0 saturated carbocycles. The van der Waals surface area contributed by atoms with Crippen molar-refractivity contribution in [3.05, 3.63) is 101 Å². The summed E-state index contributed by atoms with van der Waals surface area (Å²) >= 11 is 0. The summed E-state index contributed by atoms with van der Waals surface area (Å²) in [5, 5.41) is 9.50. The molecule has 0 aliphatic heterocycles. The van der Waals surface area contributed by atoms with E-state index in [-0.39, 0.29) is 6.54 Å². The monoisotopic (exact) mass is 393 g/mol. The van der Waals surface area contributed by atoms with Gasteiger partial charge in [0.2, 0.25) is 5.82 Å². The van der Waals surface area contributed by atoms with Crippen LogP contribution in [-0.4, -0.2) is 18.3 Å². The Morgan fingerprint density at radius 2 is 1.14 bits per heavy atom. The van der Waals surface area contributed by atoms with E-state index in [0.29, 0.717) is 11.3 Å². The summed E-state index contributed by atoms with van der Waals surface area (Å²) in [6, 6.07) is 14.9. The van der Waals surface area contributed by atoms with Gasteiger partial charge in [-0.05, 0) is 17.7 Å². The lowest BCUT2D eigenvalue weighted by Gasteiger charge is -2.34. The Kier molecular flexibility index (Phi) is 5.94. The number of halogens is 5. The zero-order valence-corrected chi connectivity index (χ0v) is 14.5.